The lowest BCUT2D eigenvalue weighted by Gasteiger charge is -2.35. The van der Waals surface area contributed by atoms with Crippen LogP contribution in [0.4, 0.5) is 0 Å². The Balaban J connectivity index is 1.66. The van der Waals surface area contributed by atoms with Crippen molar-refractivity contribution in [3.63, 3.8) is 0 Å². The maximum atomic E-state index is 13.0. The third-order valence-corrected chi connectivity index (χ3v) is 5.38. The number of hydrogen-bond donors (Lipinski definition) is 0. The fourth-order valence-electron chi connectivity index (χ4n) is 3.74. The van der Waals surface area contributed by atoms with E-state index < -0.39 is 0 Å². The maximum Gasteiger partial charge on any atom is 0.227 e. The summed E-state index contributed by atoms with van der Waals surface area (Å²) < 4.78 is 5.40. The van der Waals surface area contributed by atoms with Gasteiger partial charge in [0.05, 0.1) is 13.0 Å². The van der Waals surface area contributed by atoms with Crippen LogP contribution in [0.3, 0.4) is 0 Å². The van der Waals surface area contributed by atoms with Crippen LogP contribution < -0.4 is 4.74 Å². The smallest absolute Gasteiger partial charge is 0.227 e. The predicted octanol–water partition coefficient (Wildman–Crippen LogP) is 3.08. The molecule has 1 aromatic carbocycles. The Hall–Kier alpha value is -2.04. The molecule has 1 heterocycles. The summed E-state index contributed by atoms with van der Waals surface area (Å²) in [5, 5.41) is 0. The van der Waals surface area contributed by atoms with Crippen LogP contribution in [0.2, 0.25) is 0 Å². The molecule has 0 aromatic heterocycles. The summed E-state index contributed by atoms with van der Waals surface area (Å²) >= 11 is 0. The van der Waals surface area contributed by atoms with Crippen LogP contribution >= 0.6 is 0 Å². The van der Waals surface area contributed by atoms with E-state index in [0.29, 0.717) is 31.8 Å². The van der Waals surface area contributed by atoms with Crippen molar-refractivity contribution in [3.05, 3.63) is 29.8 Å². The lowest BCUT2D eigenvalue weighted by Crippen LogP contribution is -2.47. The molecule has 0 spiro atoms. The second-order valence-electron chi connectivity index (χ2n) is 7.55. The van der Waals surface area contributed by atoms with Gasteiger partial charge >= 0.3 is 0 Å². The van der Waals surface area contributed by atoms with Crippen LogP contribution in [0.25, 0.3) is 0 Å². The molecule has 2 aliphatic rings. The summed E-state index contributed by atoms with van der Waals surface area (Å²) in [6, 6.07) is 7.76. The highest BCUT2D eigenvalue weighted by Crippen LogP contribution is 2.31. The first-order chi connectivity index (χ1) is 12.6. The Labute approximate surface area is 156 Å². The zero-order valence-corrected chi connectivity index (χ0v) is 15.9. The number of amides is 2. The molecule has 5 nitrogen and oxygen atoms in total. The molecular weight excluding hydrogens is 328 g/mol. The van der Waals surface area contributed by atoms with Gasteiger partial charge < -0.3 is 14.5 Å². The predicted molar refractivity (Wildman–Crippen MR) is 101 cm³/mol. The van der Waals surface area contributed by atoms with Crippen molar-refractivity contribution in [3.8, 4) is 5.75 Å². The number of carbonyl (C=O) groups excluding carboxylic acids is 2. The van der Waals surface area contributed by atoms with E-state index in [1.165, 1.54) is 12.8 Å². The van der Waals surface area contributed by atoms with E-state index in [0.717, 1.165) is 30.8 Å². The molecule has 2 amide bonds. The quantitative estimate of drug-likeness (QED) is 0.717. The van der Waals surface area contributed by atoms with Crippen molar-refractivity contribution in [2.45, 2.75) is 45.6 Å². The van der Waals surface area contributed by atoms with Gasteiger partial charge in [0.15, 0.2) is 0 Å². The molecule has 0 bridgehead atoms. The molecule has 1 saturated carbocycles. The van der Waals surface area contributed by atoms with Crippen LogP contribution in [0.15, 0.2) is 24.3 Å². The van der Waals surface area contributed by atoms with E-state index in [1.54, 1.807) is 7.11 Å². The van der Waals surface area contributed by atoms with Gasteiger partial charge in [-0.2, -0.15) is 0 Å². The standard InChI is InChI=1S/C21H30N2O3/c1-3-12-22(13-16-8-9-16)21(25)18-10-11-20(24)23(15-18)14-17-6-4-5-7-19(17)26-2/h4-7,16,18H,3,8-15H2,1-2H3/t18-/m0/s1. The van der Waals surface area contributed by atoms with Crippen molar-refractivity contribution in [1.82, 2.24) is 9.80 Å². The van der Waals surface area contributed by atoms with Crippen LogP contribution in [-0.4, -0.2) is 48.4 Å². The minimum absolute atomic E-state index is 0.0762. The largest absolute Gasteiger partial charge is 0.496 e. The SMILES string of the molecule is CCCN(CC1CC1)C(=O)[C@H]1CCC(=O)N(Cc2ccccc2OC)C1. The first-order valence-electron chi connectivity index (χ1n) is 9.80. The molecule has 2 fully saturated rings. The van der Waals surface area contributed by atoms with E-state index in [-0.39, 0.29) is 17.7 Å². The average Bonchev–Trinajstić information content (AvgIpc) is 3.47. The normalized spacial score (nSPS) is 20.2. The van der Waals surface area contributed by atoms with Crippen LogP contribution in [0, 0.1) is 11.8 Å². The van der Waals surface area contributed by atoms with Crippen molar-refractivity contribution < 1.29 is 14.3 Å². The van der Waals surface area contributed by atoms with E-state index >= 15 is 0 Å². The van der Waals surface area contributed by atoms with Gasteiger partial charge in [0.1, 0.15) is 5.75 Å². The molecule has 0 unspecified atom stereocenters. The number of ether oxygens (including phenoxy) is 1. The van der Waals surface area contributed by atoms with Gasteiger partial charge in [-0.25, -0.2) is 0 Å². The second-order valence-corrected chi connectivity index (χ2v) is 7.55. The second kappa shape index (κ2) is 8.56. The molecular formula is C21H30N2O3. The lowest BCUT2D eigenvalue weighted by atomic mass is 9.95. The van der Waals surface area contributed by atoms with Crippen LogP contribution in [0.5, 0.6) is 5.75 Å². The molecule has 0 radical (unpaired) electrons. The zero-order chi connectivity index (χ0) is 18.5. The highest BCUT2D eigenvalue weighted by Gasteiger charge is 2.34. The van der Waals surface area contributed by atoms with Gasteiger partial charge in [0, 0.05) is 38.2 Å². The summed E-state index contributed by atoms with van der Waals surface area (Å²) in [6.45, 7) is 4.85. The molecule has 1 atom stereocenters. The number of hydrogen-bond acceptors (Lipinski definition) is 3. The van der Waals surface area contributed by atoms with Crippen LogP contribution in [-0.2, 0) is 16.1 Å². The van der Waals surface area contributed by atoms with Crippen molar-refractivity contribution in [2.24, 2.45) is 11.8 Å². The Morgan fingerprint density at radius 2 is 2.04 bits per heavy atom. The molecule has 1 aliphatic heterocycles. The average molecular weight is 358 g/mol. The molecule has 1 saturated heterocycles. The summed E-state index contributed by atoms with van der Waals surface area (Å²) in [5.41, 5.74) is 0.986. The lowest BCUT2D eigenvalue weighted by molar-refractivity contribution is -0.143. The van der Waals surface area contributed by atoms with E-state index in [1.807, 2.05) is 34.1 Å². The van der Waals surface area contributed by atoms with Gasteiger partial charge in [-0.15, -0.1) is 0 Å². The Morgan fingerprint density at radius 1 is 1.27 bits per heavy atom. The summed E-state index contributed by atoms with van der Waals surface area (Å²) in [4.78, 5) is 29.3. The monoisotopic (exact) mass is 358 g/mol. The topological polar surface area (TPSA) is 49.9 Å². The molecule has 5 heteroatoms. The first kappa shape index (κ1) is 18.7. The highest BCUT2D eigenvalue weighted by atomic mass is 16.5. The molecule has 1 aromatic rings. The molecule has 26 heavy (non-hydrogen) atoms. The Kier molecular flexibility index (Phi) is 6.17. The number of carbonyl (C=O) groups is 2. The van der Waals surface area contributed by atoms with Crippen LogP contribution in [0.1, 0.15) is 44.6 Å². The van der Waals surface area contributed by atoms with Crippen molar-refractivity contribution in [1.29, 1.82) is 0 Å². The third kappa shape index (κ3) is 4.57. The zero-order valence-electron chi connectivity index (χ0n) is 15.9. The summed E-state index contributed by atoms with van der Waals surface area (Å²) in [5.74, 6) is 1.77. The number of piperidine rings is 1. The number of nitrogens with zero attached hydrogens (tertiary/aromatic N) is 2. The fourth-order valence-corrected chi connectivity index (χ4v) is 3.74. The summed E-state index contributed by atoms with van der Waals surface area (Å²) in [7, 11) is 1.64. The molecule has 1 aliphatic carbocycles. The number of likely N-dealkylation sites (tertiary alicyclic amines) is 1. The number of rotatable bonds is 8. The minimum Gasteiger partial charge on any atom is -0.496 e. The van der Waals surface area contributed by atoms with Gasteiger partial charge in [-0.1, -0.05) is 25.1 Å². The van der Waals surface area contributed by atoms with Gasteiger partial charge in [0.25, 0.3) is 0 Å². The van der Waals surface area contributed by atoms with Gasteiger partial charge in [0.2, 0.25) is 11.8 Å². The fraction of sp³-hybridized carbons (Fsp3) is 0.619. The molecule has 0 N–H and O–H groups in total. The van der Waals surface area contributed by atoms with E-state index in [2.05, 4.69) is 6.92 Å². The summed E-state index contributed by atoms with van der Waals surface area (Å²) in [6.07, 6.45) is 4.60. The molecule has 3 rings (SSSR count). The minimum atomic E-state index is -0.0762. The van der Waals surface area contributed by atoms with E-state index in [9.17, 15) is 9.59 Å². The number of methoxy groups -OCH3 is 1. The number of benzene rings is 1. The third-order valence-electron chi connectivity index (χ3n) is 5.38. The highest BCUT2D eigenvalue weighted by molar-refractivity contribution is 5.84. The Morgan fingerprint density at radius 3 is 2.73 bits per heavy atom. The number of para-hydroxylation sites is 1. The van der Waals surface area contributed by atoms with Crippen molar-refractivity contribution >= 4 is 11.8 Å². The molecule has 142 valence electrons. The first-order valence-corrected chi connectivity index (χ1v) is 9.80. The maximum absolute atomic E-state index is 13.0. The van der Waals surface area contributed by atoms with Gasteiger partial charge in [-0.05, 0) is 37.7 Å². The van der Waals surface area contributed by atoms with E-state index in [4.69, 9.17) is 4.74 Å². The Bertz CT molecular complexity index is 642. The van der Waals surface area contributed by atoms with Crippen molar-refractivity contribution in [2.75, 3.05) is 26.7 Å². The van der Waals surface area contributed by atoms with Gasteiger partial charge in [-0.3, -0.25) is 9.59 Å².